The van der Waals surface area contributed by atoms with Crippen molar-refractivity contribution < 1.29 is 19.1 Å². The van der Waals surface area contributed by atoms with Crippen LogP contribution in [0.3, 0.4) is 0 Å². The van der Waals surface area contributed by atoms with E-state index in [0.29, 0.717) is 27.6 Å². The van der Waals surface area contributed by atoms with Crippen molar-refractivity contribution >= 4 is 28.0 Å². The van der Waals surface area contributed by atoms with Crippen LogP contribution < -0.4 is 4.74 Å². The number of aryl methyl sites for hydroxylation is 1. The van der Waals surface area contributed by atoms with Crippen LogP contribution in [0.25, 0.3) is 6.08 Å². The molecule has 0 amide bonds. The summed E-state index contributed by atoms with van der Waals surface area (Å²) in [5.41, 5.74) is 0.637. The molecule has 7 heteroatoms. The molecule has 1 N–H and O–H groups in total. The summed E-state index contributed by atoms with van der Waals surface area (Å²) in [6, 6.07) is 5.33. The summed E-state index contributed by atoms with van der Waals surface area (Å²) < 4.78 is 11.5. The normalized spacial score (nSPS) is 10.9. The molecule has 0 aliphatic heterocycles. The molecule has 0 saturated carbocycles. The van der Waals surface area contributed by atoms with Gasteiger partial charge in [0.25, 0.3) is 5.89 Å². The average Bonchev–Trinajstić information content (AvgIpc) is 2.81. The number of halogens is 1. The van der Waals surface area contributed by atoms with Gasteiger partial charge in [-0.2, -0.15) is 0 Å². The van der Waals surface area contributed by atoms with Crippen molar-refractivity contribution in [3.8, 4) is 5.75 Å². The van der Waals surface area contributed by atoms with Crippen LogP contribution in [0.4, 0.5) is 0 Å². The molecule has 6 nitrogen and oxygen atoms in total. The molecule has 20 heavy (non-hydrogen) atoms. The first-order valence-electron chi connectivity index (χ1n) is 5.67. The molecule has 0 unspecified atom stereocenters. The lowest BCUT2D eigenvalue weighted by Gasteiger charge is -2.09. The smallest absolute Gasteiger partial charge is 0.328 e. The van der Waals surface area contributed by atoms with Gasteiger partial charge >= 0.3 is 5.97 Å². The Morgan fingerprint density at radius 2 is 2.30 bits per heavy atom. The van der Waals surface area contributed by atoms with Gasteiger partial charge < -0.3 is 14.3 Å². The summed E-state index contributed by atoms with van der Waals surface area (Å²) in [4.78, 5) is 10.6. The molecule has 0 bridgehead atoms. The molecule has 0 fully saturated rings. The Bertz CT molecular complexity index is 652. The molecule has 0 aliphatic carbocycles. The number of aliphatic carboxylic acids is 1. The standard InChI is InChI=1S/C13H11BrN2O4/c1-8-15-16-11(20-8)7-19-13-9(5-6-12(17)18)3-2-4-10(13)14/h2-6H,7H2,1H3,(H,17,18). The van der Waals surface area contributed by atoms with Crippen LogP contribution in [-0.4, -0.2) is 21.3 Å². The van der Waals surface area contributed by atoms with E-state index >= 15 is 0 Å². The fourth-order valence-corrected chi connectivity index (χ4v) is 2.00. The van der Waals surface area contributed by atoms with Crippen LogP contribution >= 0.6 is 15.9 Å². The predicted molar refractivity (Wildman–Crippen MR) is 74.2 cm³/mol. The Balaban J connectivity index is 2.19. The van der Waals surface area contributed by atoms with Crippen LogP contribution in [-0.2, 0) is 11.4 Å². The molecule has 0 atom stereocenters. The second kappa shape index (κ2) is 6.33. The molecule has 0 saturated heterocycles. The molecule has 0 aliphatic rings. The van der Waals surface area contributed by atoms with Crippen LogP contribution in [0.2, 0.25) is 0 Å². The van der Waals surface area contributed by atoms with Crippen LogP contribution in [0.15, 0.2) is 33.2 Å². The van der Waals surface area contributed by atoms with Gasteiger partial charge in [-0.25, -0.2) is 4.79 Å². The summed E-state index contributed by atoms with van der Waals surface area (Å²) in [5.74, 6) is 0.303. The third-order valence-corrected chi connectivity index (χ3v) is 2.94. The van der Waals surface area contributed by atoms with E-state index in [2.05, 4.69) is 26.1 Å². The molecule has 1 aromatic carbocycles. The van der Waals surface area contributed by atoms with E-state index in [9.17, 15) is 4.79 Å². The van der Waals surface area contributed by atoms with Gasteiger partial charge in [-0.15, -0.1) is 10.2 Å². The van der Waals surface area contributed by atoms with Crippen molar-refractivity contribution in [1.29, 1.82) is 0 Å². The predicted octanol–water partition coefficient (Wildman–Crippen LogP) is 2.82. The Kier molecular flexibility index (Phi) is 4.52. The van der Waals surface area contributed by atoms with Crippen molar-refractivity contribution in [1.82, 2.24) is 10.2 Å². The molecule has 2 rings (SSSR count). The number of ether oxygens (including phenoxy) is 1. The second-order valence-electron chi connectivity index (χ2n) is 3.83. The van der Waals surface area contributed by atoms with Gasteiger partial charge in [-0.1, -0.05) is 12.1 Å². The lowest BCUT2D eigenvalue weighted by molar-refractivity contribution is -0.131. The topological polar surface area (TPSA) is 85.5 Å². The summed E-state index contributed by atoms with van der Waals surface area (Å²) in [7, 11) is 0. The third-order valence-electron chi connectivity index (χ3n) is 2.31. The van der Waals surface area contributed by atoms with Crippen molar-refractivity contribution in [2.45, 2.75) is 13.5 Å². The highest BCUT2D eigenvalue weighted by Crippen LogP contribution is 2.30. The molecule has 1 aromatic heterocycles. The summed E-state index contributed by atoms with van der Waals surface area (Å²) in [5, 5.41) is 16.2. The number of nitrogens with zero attached hydrogens (tertiary/aromatic N) is 2. The maximum absolute atomic E-state index is 10.6. The van der Waals surface area contributed by atoms with Gasteiger partial charge in [0.05, 0.1) is 4.47 Å². The molecule has 1 heterocycles. The largest absolute Gasteiger partial charge is 0.482 e. The molecule has 104 valence electrons. The number of rotatable bonds is 5. The monoisotopic (exact) mass is 338 g/mol. The number of carbonyl (C=O) groups is 1. The van der Waals surface area contributed by atoms with E-state index in [-0.39, 0.29) is 6.61 Å². The first-order chi connectivity index (χ1) is 9.56. The first kappa shape index (κ1) is 14.3. The Labute approximate surface area is 123 Å². The highest BCUT2D eigenvalue weighted by Gasteiger charge is 2.09. The van der Waals surface area contributed by atoms with Crippen LogP contribution in [0, 0.1) is 6.92 Å². The fraction of sp³-hybridized carbons (Fsp3) is 0.154. The van der Waals surface area contributed by atoms with E-state index in [4.69, 9.17) is 14.3 Å². The lowest BCUT2D eigenvalue weighted by atomic mass is 10.2. The maximum Gasteiger partial charge on any atom is 0.328 e. The average molecular weight is 339 g/mol. The number of para-hydroxylation sites is 1. The highest BCUT2D eigenvalue weighted by molar-refractivity contribution is 9.10. The number of hydrogen-bond donors (Lipinski definition) is 1. The van der Waals surface area contributed by atoms with E-state index in [1.165, 1.54) is 6.08 Å². The van der Waals surface area contributed by atoms with Crippen LogP contribution in [0.1, 0.15) is 17.3 Å². The maximum atomic E-state index is 10.6. The molecule has 0 radical (unpaired) electrons. The number of aromatic nitrogens is 2. The van der Waals surface area contributed by atoms with Crippen molar-refractivity contribution in [2.24, 2.45) is 0 Å². The number of hydrogen-bond acceptors (Lipinski definition) is 5. The Hall–Kier alpha value is -2.15. The van der Waals surface area contributed by atoms with E-state index in [1.54, 1.807) is 25.1 Å². The highest BCUT2D eigenvalue weighted by atomic mass is 79.9. The minimum absolute atomic E-state index is 0.108. The first-order valence-corrected chi connectivity index (χ1v) is 6.47. The van der Waals surface area contributed by atoms with Crippen molar-refractivity contribution in [3.05, 3.63) is 46.1 Å². The zero-order valence-electron chi connectivity index (χ0n) is 10.5. The summed E-state index contributed by atoms with van der Waals surface area (Å²) in [6.45, 7) is 1.80. The summed E-state index contributed by atoms with van der Waals surface area (Å²) >= 11 is 3.36. The minimum Gasteiger partial charge on any atom is -0.482 e. The second-order valence-corrected chi connectivity index (χ2v) is 4.69. The number of carboxylic acid groups (broad SMARTS) is 1. The van der Waals surface area contributed by atoms with Gasteiger partial charge in [0.2, 0.25) is 5.89 Å². The van der Waals surface area contributed by atoms with Gasteiger partial charge in [-0.3, -0.25) is 0 Å². The fourth-order valence-electron chi connectivity index (χ4n) is 1.50. The zero-order chi connectivity index (χ0) is 14.5. The van der Waals surface area contributed by atoms with Gasteiger partial charge in [0.15, 0.2) is 6.61 Å². The SMILES string of the molecule is Cc1nnc(COc2c(Br)cccc2C=CC(=O)O)o1. The minimum atomic E-state index is -1.02. The van der Waals surface area contributed by atoms with E-state index in [0.717, 1.165) is 6.08 Å². The molecule has 2 aromatic rings. The number of carboxylic acids is 1. The van der Waals surface area contributed by atoms with E-state index in [1.807, 2.05) is 0 Å². The lowest BCUT2D eigenvalue weighted by Crippen LogP contribution is -1.98. The van der Waals surface area contributed by atoms with Gasteiger partial charge in [0.1, 0.15) is 5.75 Å². The van der Waals surface area contributed by atoms with Crippen molar-refractivity contribution in [2.75, 3.05) is 0 Å². The quantitative estimate of drug-likeness (QED) is 0.843. The van der Waals surface area contributed by atoms with Crippen LogP contribution in [0.5, 0.6) is 5.75 Å². The Morgan fingerprint density at radius 1 is 1.50 bits per heavy atom. The third kappa shape index (κ3) is 3.67. The zero-order valence-corrected chi connectivity index (χ0v) is 12.1. The van der Waals surface area contributed by atoms with Gasteiger partial charge in [-0.05, 0) is 28.1 Å². The van der Waals surface area contributed by atoms with Crippen molar-refractivity contribution in [3.63, 3.8) is 0 Å². The summed E-state index contributed by atoms with van der Waals surface area (Å²) in [6.07, 6.45) is 2.51. The van der Waals surface area contributed by atoms with E-state index < -0.39 is 5.97 Å². The number of benzene rings is 1. The Morgan fingerprint density at radius 3 is 2.95 bits per heavy atom. The van der Waals surface area contributed by atoms with Gasteiger partial charge in [0, 0.05) is 18.6 Å². The molecule has 0 spiro atoms. The molecular weight excluding hydrogens is 328 g/mol. The molecular formula is C13H11BrN2O4.